The number of phenolic OH excluding ortho intramolecular Hbond substituents is 1. The number of benzene rings is 1. The molecule has 2 fully saturated rings. The molecule has 2 aliphatic carbocycles. The van der Waals surface area contributed by atoms with Crippen LogP contribution in [0.3, 0.4) is 0 Å². The summed E-state index contributed by atoms with van der Waals surface area (Å²) in [5, 5.41) is 22.0. The maximum Gasteiger partial charge on any atom is 0.165 e. The lowest BCUT2D eigenvalue weighted by Gasteiger charge is -2.57. The molecule has 4 atom stereocenters. The Kier molecular flexibility index (Phi) is 3.03. The molecule has 0 unspecified atom stereocenters. The SMILES string of the molecule is CCc1ccc(O)c2c1[C@]13CCC[C@H](C)[C@]1(O)CCC[C@@H]3O2. The number of rotatable bonds is 1. The number of aryl methyl sites for hydroxylation is 1. The first-order valence-corrected chi connectivity index (χ1v) is 8.79. The van der Waals surface area contributed by atoms with Gasteiger partial charge in [0.1, 0.15) is 6.10 Å². The van der Waals surface area contributed by atoms with Gasteiger partial charge in [0.05, 0.1) is 11.0 Å². The lowest BCUT2D eigenvalue weighted by atomic mass is 9.49. The predicted molar refractivity (Wildman–Crippen MR) is 85.4 cm³/mol. The molecule has 22 heavy (non-hydrogen) atoms. The summed E-state index contributed by atoms with van der Waals surface area (Å²) < 4.78 is 6.25. The molecule has 1 heterocycles. The van der Waals surface area contributed by atoms with Crippen molar-refractivity contribution in [2.45, 2.75) is 75.9 Å². The van der Waals surface area contributed by atoms with E-state index in [1.165, 1.54) is 5.56 Å². The molecule has 0 radical (unpaired) electrons. The molecule has 3 aliphatic rings. The number of hydrogen-bond donors (Lipinski definition) is 2. The van der Waals surface area contributed by atoms with Crippen molar-refractivity contribution >= 4 is 0 Å². The van der Waals surface area contributed by atoms with Gasteiger partial charge in [0, 0.05) is 5.56 Å². The van der Waals surface area contributed by atoms with Gasteiger partial charge >= 0.3 is 0 Å². The molecule has 1 aromatic rings. The van der Waals surface area contributed by atoms with Gasteiger partial charge in [-0.3, -0.25) is 0 Å². The average molecular weight is 302 g/mol. The molecule has 3 heteroatoms. The van der Waals surface area contributed by atoms with Gasteiger partial charge in [-0.05, 0) is 56.1 Å². The summed E-state index contributed by atoms with van der Waals surface area (Å²) in [5.41, 5.74) is 1.33. The van der Waals surface area contributed by atoms with Gasteiger partial charge in [0.25, 0.3) is 0 Å². The minimum atomic E-state index is -0.697. The molecule has 1 spiro atoms. The highest BCUT2D eigenvalue weighted by atomic mass is 16.5. The topological polar surface area (TPSA) is 49.7 Å². The first kappa shape index (κ1) is 14.4. The van der Waals surface area contributed by atoms with Crippen molar-refractivity contribution in [3.63, 3.8) is 0 Å². The van der Waals surface area contributed by atoms with Gasteiger partial charge in [0.2, 0.25) is 0 Å². The van der Waals surface area contributed by atoms with Gasteiger partial charge in [0.15, 0.2) is 11.5 Å². The number of hydrogen-bond acceptors (Lipinski definition) is 3. The van der Waals surface area contributed by atoms with Gasteiger partial charge in [-0.15, -0.1) is 0 Å². The zero-order chi connectivity index (χ0) is 15.5. The van der Waals surface area contributed by atoms with Crippen LogP contribution in [0.1, 0.15) is 63.5 Å². The maximum atomic E-state index is 11.7. The van der Waals surface area contributed by atoms with E-state index in [1.54, 1.807) is 6.07 Å². The number of ether oxygens (including phenoxy) is 1. The number of fused-ring (bicyclic) bond motifs is 1. The van der Waals surface area contributed by atoms with E-state index >= 15 is 0 Å². The Hall–Kier alpha value is -1.22. The van der Waals surface area contributed by atoms with E-state index in [0.29, 0.717) is 5.75 Å². The zero-order valence-corrected chi connectivity index (χ0v) is 13.6. The van der Waals surface area contributed by atoms with E-state index in [-0.39, 0.29) is 23.2 Å². The van der Waals surface area contributed by atoms with E-state index in [0.717, 1.165) is 50.5 Å². The van der Waals surface area contributed by atoms with E-state index in [1.807, 2.05) is 6.07 Å². The minimum absolute atomic E-state index is 0.0163. The highest BCUT2D eigenvalue weighted by Gasteiger charge is 2.66. The Balaban J connectivity index is 2.00. The molecule has 0 aromatic heterocycles. The van der Waals surface area contributed by atoms with Crippen LogP contribution in [0.15, 0.2) is 12.1 Å². The fourth-order valence-electron chi connectivity index (χ4n) is 5.61. The second-order valence-corrected chi connectivity index (χ2v) is 7.49. The number of aliphatic hydroxyl groups is 1. The van der Waals surface area contributed by atoms with Crippen LogP contribution in [0.25, 0.3) is 0 Å². The Bertz CT molecular complexity index is 611. The van der Waals surface area contributed by atoms with Crippen molar-refractivity contribution in [1.29, 1.82) is 0 Å². The van der Waals surface area contributed by atoms with Crippen LogP contribution in [0.2, 0.25) is 0 Å². The smallest absolute Gasteiger partial charge is 0.165 e. The third kappa shape index (κ3) is 1.51. The highest BCUT2D eigenvalue weighted by molar-refractivity contribution is 5.59. The van der Waals surface area contributed by atoms with Crippen molar-refractivity contribution in [2.75, 3.05) is 0 Å². The van der Waals surface area contributed by atoms with Crippen LogP contribution in [0.4, 0.5) is 0 Å². The molecular formula is C19H26O3. The van der Waals surface area contributed by atoms with Crippen LogP contribution in [0.5, 0.6) is 11.5 Å². The average Bonchev–Trinajstić information content (AvgIpc) is 2.85. The van der Waals surface area contributed by atoms with Gasteiger partial charge < -0.3 is 14.9 Å². The second kappa shape index (κ2) is 4.64. The van der Waals surface area contributed by atoms with E-state index in [2.05, 4.69) is 13.8 Å². The molecule has 3 nitrogen and oxygen atoms in total. The summed E-state index contributed by atoms with van der Waals surface area (Å²) in [4.78, 5) is 0. The molecule has 4 rings (SSSR count). The number of aromatic hydroxyl groups is 1. The summed E-state index contributed by atoms with van der Waals surface area (Å²) in [6, 6.07) is 3.76. The molecule has 0 saturated heterocycles. The summed E-state index contributed by atoms with van der Waals surface area (Å²) in [5.74, 6) is 1.17. The summed E-state index contributed by atoms with van der Waals surface area (Å²) >= 11 is 0. The van der Waals surface area contributed by atoms with E-state index < -0.39 is 5.60 Å². The van der Waals surface area contributed by atoms with Gasteiger partial charge in [-0.25, -0.2) is 0 Å². The van der Waals surface area contributed by atoms with Gasteiger partial charge in [-0.2, -0.15) is 0 Å². The standard InChI is InChI=1S/C19H26O3/c1-3-13-8-9-14(20)17-16(13)18-10-4-6-12(2)19(18,21)11-5-7-15(18)22-17/h8-9,12,15,20-21H,3-7,10-11H2,1-2H3/t12-,15-,18+,19+/m0/s1. The Morgan fingerprint density at radius 3 is 2.77 bits per heavy atom. The Morgan fingerprint density at radius 1 is 1.23 bits per heavy atom. The molecular weight excluding hydrogens is 276 g/mol. The lowest BCUT2D eigenvalue weighted by molar-refractivity contribution is -0.158. The second-order valence-electron chi connectivity index (χ2n) is 7.49. The monoisotopic (exact) mass is 302 g/mol. The van der Waals surface area contributed by atoms with Crippen LogP contribution < -0.4 is 4.74 Å². The third-order valence-corrected chi connectivity index (χ3v) is 6.68. The molecule has 0 bridgehead atoms. The molecule has 0 amide bonds. The Labute approximate surface area is 132 Å². The van der Waals surface area contributed by atoms with Crippen molar-refractivity contribution < 1.29 is 14.9 Å². The molecule has 120 valence electrons. The zero-order valence-electron chi connectivity index (χ0n) is 13.6. The van der Waals surface area contributed by atoms with Crippen molar-refractivity contribution in [1.82, 2.24) is 0 Å². The molecule has 1 aromatic carbocycles. The van der Waals surface area contributed by atoms with Crippen molar-refractivity contribution in [3.8, 4) is 11.5 Å². The molecule has 2 saturated carbocycles. The predicted octanol–water partition coefficient (Wildman–Crippen LogP) is 3.69. The number of phenols is 1. The third-order valence-electron chi connectivity index (χ3n) is 6.68. The fourth-order valence-corrected chi connectivity index (χ4v) is 5.61. The first-order valence-electron chi connectivity index (χ1n) is 8.79. The lowest BCUT2D eigenvalue weighted by Crippen LogP contribution is -2.65. The normalized spacial score (nSPS) is 39.6. The van der Waals surface area contributed by atoms with Crippen molar-refractivity contribution in [2.24, 2.45) is 5.92 Å². The minimum Gasteiger partial charge on any atom is -0.504 e. The highest BCUT2D eigenvalue weighted by Crippen LogP contribution is 2.64. The molecule has 1 aliphatic heterocycles. The van der Waals surface area contributed by atoms with Crippen molar-refractivity contribution in [3.05, 3.63) is 23.3 Å². The van der Waals surface area contributed by atoms with Crippen LogP contribution in [-0.2, 0) is 11.8 Å². The summed E-state index contributed by atoms with van der Waals surface area (Å²) in [6.07, 6.45) is 6.94. The largest absolute Gasteiger partial charge is 0.504 e. The van der Waals surface area contributed by atoms with E-state index in [9.17, 15) is 10.2 Å². The first-order chi connectivity index (χ1) is 10.5. The van der Waals surface area contributed by atoms with Crippen LogP contribution in [-0.4, -0.2) is 21.9 Å². The quantitative estimate of drug-likeness (QED) is 0.832. The Morgan fingerprint density at radius 2 is 2.00 bits per heavy atom. The fraction of sp³-hybridized carbons (Fsp3) is 0.684. The molecule has 2 N–H and O–H groups in total. The summed E-state index contributed by atoms with van der Waals surface area (Å²) in [7, 11) is 0. The van der Waals surface area contributed by atoms with E-state index in [4.69, 9.17) is 4.74 Å². The summed E-state index contributed by atoms with van der Waals surface area (Å²) in [6.45, 7) is 4.33. The maximum absolute atomic E-state index is 11.7. The van der Waals surface area contributed by atoms with Gasteiger partial charge in [-0.1, -0.05) is 26.3 Å². The van der Waals surface area contributed by atoms with Crippen LogP contribution >= 0.6 is 0 Å². The van der Waals surface area contributed by atoms with Crippen LogP contribution in [0, 0.1) is 5.92 Å².